The van der Waals surface area contributed by atoms with Gasteiger partial charge in [-0.15, -0.1) is 0 Å². The van der Waals surface area contributed by atoms with Gasteiger partial charge in [-0.3, -0.25) is 5.32 Å². The summed E-state index contributed by atoms with van der Waals surface area (Å²) in [6, 6.07) is 0.805. The maximum absolute atomic E-state index is 5.89. The highest BCUT2D eigenvalue weighted by atomic mass is 16.5. The molecule has 0 aromatic carbocycles. The fraction of sp³-hybridized carbons (Fsp3) is 1.00. The molecule has 4 nitrogen and oxygen atoms in total. The van der Waals surface area contributed by atoms with E-state index in [1.165, 1.54) is 19.3 Å². The van der Waals surface area contributed by atoms with Crippen LogP contribution in [-0.4, -0.2) is 38.5 Å². The second-order valence-corrected chi connectivity index (χ2v) is 4.10. The van der Waals surface area contributed by atoms with Crippen molar-refractivity contribution in [2.45, 2.75) is 37.4 Å². The van der Waals surface area contributed by atoms with E-state index < -0.39 is 0 Å². The first-order valence-electron chi connectivity index (χ1n) is 5.17. The fourth-order valence-electron chi connectivity index (χ4n) is 2.53. The molecule has 1 aliphatic carbocycles. The molecule has 1 unspecified atom stereocenters. The maximum Gasteiger partial charge on any atom is 0.412 e. The van der Waals surface area contributed by atoms with Crippen LogP contribution >= 0.6 is 0 Å². The van der Waals surface area contributed by atoms with Gasteiger partial charge in [0.15, 0.2) is 0 Å². The smallest absolute Gasteiger partial charge is 0.412 e. The van der Waals surface area contributed by atoms with E-state index in [9.17, 15) is 0 Å². The van der Waals surface area contributed by atoms with Crippen molar-refractivity contribution in [1.29, 1.82) is 0 Å². The van der Waals surface area contributed by atoms with E-state index in [1.54, 1.807) is 0 Å². The summed E-state index contributed by atoms with van der Waals surface area (Å²) in [5.74, 6) is 0. The van der Waals surface area contributed by atoms with Crippen LogP contribution in [0.3, 0.4) is 0 Å². The van der Waals surface area contributed by atoms with E-state index >= 15 is 0 Å². The molecule has 2 N–H and O–H groups in total. The van der Waals surface area contributed by atoms with Crippen LogP contribution in [-0.2, 0) is 9.39 Å². The van der Waals surface area contributed by atoms with Crippen molar-refractivity contribution < 1.29 is 9.39 Å². The second-order valence-electron chi connectivity index (χ2n) is 4.10. The third-order valence-corrected chi connectivity index (χ3v) is 3.23. The molecule has 1 saturated carbocycles. The lowest BCUT2D eigenvalue weighted by Crippen LogP contribution is -2.45. The molecule has 0 spiro atoms. The van der Waals surface area contributed by atoms with E-state index in [0.717, 1.165) is 6.54 Å². The Bertz CT molecular complexity index is 187. The number of nitrogens with one attached hydrogen (secondary N) is 2. The van der Waals surface area contributed by atoms with Crippen molar-refractivity contribution in [3.05, 3.63) is 0 Å². The zero-order valence-corrected chi connectivity index (χ0v) is 7.66. The van der Waals surface area contributed by atoms with Gasteiger partial charge >= 0.3 is 7.05 Å². The summed E-state index contributed by atoms with van der Waals surface area (Å²) in [5, 5.41) is 6.68. The van der Waals surface area contributed by atoms with Crippen molar-refractivity contribution >= 4 is 7.05 Å². The third kappa shape index (κ3) is 1.40. The van der Waals surface area contributed by atoms with Crippen LogP contribution in [0.1, 0.15) is 19.3 Å². The van der Waals surface area contributed by atoms with Gasteiger partial charge in [-0.1, -0.05) is 0 Å². The molecule has 3 aliphatic rings. The Balaban J connectivity index is 1.62. The fourth-order valence-corrected chi connectivity index (χ4v) is 2.53. The molecule has 3 rings (SSSR count). The van der Waals surface area contributed by atoms with Gasteiger partial charge in [0.05, 0.1) is 18.8 Å². The van der Waals surface area contributed by atoms with Gasteiger partial charge in [-0.2, -0.15) is 0 Å². The predicted octanol–water partition coefficient (Wildman–Crippen LogP) is -0.499. The zero-order chi connectivity index (χ0) is 8.67. The molecule has 72 valence electrons. The molecule has 2 aliphatic heterocycles. The molecule has 0 radical (unpaired) electrons. The third-order valence-electron chi connectivity index (χ3n) is 3.23. The molecule has 0 bridgehead atoms. The maximum atomic E-state index is 5.89. The average Bonchev–Trinajstić information content (AvgIpc) is 2.78. The SMILES string of the molecule is C1C[C@@H]2NB(C3CNCO3)O[C@@H]2C1. The summed E-state index contributed by atoms with van der Waals surface area (Å²) < 4.78 is 11.4. The largest absolute Gasteiger partial charge is 0.415 e. The second kappa shape index (κ2) is 3.24. The van der Waals surface area contributed by atoms with Crippen LogP contribution in [0.25, 0.3) is 0 Å². The first kappa shape index (κ1) is 8.23. The Morgan fingerprint density at radius 1 is 1.31 bits per heavy atom. The van der Waals surface area contributed by atoms with Crippen molar-refractivity contribution in [2.75, 3.05) is 13.3 Å². The van der Waals surface area contributed by atoms with Crippen molar-refractivity contribution in [3.8, 4) is 0 Å². The number of fused-ring (bicyclic) bond motifs is 1. The van der Waals surface area contributed by atoms with Gasteiger partial charge < -0.3 is 14.6 Å². The number of rotatable bonds is 1. The summed E-state index contributed by atoms with van der Waals surface area (Å²) >= 11 is 0. The van der Waals surface area contributed by atoms with Crippen LogP contribution in [0.4, 0.5) is 0 Å². The topological polar surface area (TPSA) is 42.5 Å². The summed E-state index contributed by atoms with van der Waals surface area (Å²) in [7, 11) is 0.130. The number of hydrogen-bond donors (Lipinski definition) is 2. The van der Waals surface area contributed by atoms with Crippen LogP contribution in [0.2, 0.25) is 0 Å². The van der Waals surface area contributed by atoms with Gasteiger partial charge in [-0.05, 0) is 19.3 Å². The summed E-state index contributed by atoms with van der Waals surface area (Å²) in [4.78, 5) is 0. The van der Waals surface area contributed by atoms with Crippen molar-refractivity contribution in [3.63, 3.8) is 0 Å². The Kier molecular flexibility index (Phi) is 2.05. The van der Waals surface area contributed by atoms with Gasteiger partial charge in [0.1, 0.15) is 0 Å². The highest BCUT2D eigenvalue weighted by molar-refractivity contribution is 6.51. The normalized spacial score (nSPS) is 44.3. The van der Waals surface area contributed by atoms with Crippen LogP contribution < -0.4 is 10.5 Å². The Morgan fingerprint density at radius 3 is 3.08 bits per heavy atom. The highest BCUT2D eigenvalue weighted by Crippen LogP contribution is 2.28. The quantitative estimate of drug-likeness (QED) is 0.536. The van der Waals surface area contributed by atoms with Crippen LogP contribution in [0.15, 0.2) is 0 Å². The Morgan fingerprint density at radius 2 is 2.31 bits per heavy atom. The monoisotopic (exact) mass is 182 g/mol. The van der Waals surface area contributed by atoms with E-state index in [0.29, 0.717) is 18.9 Å². The Labute approximate surface area is 78.5 Å². The molecule has 0 amide bonds. The lowest BCUT2D eigenvalue weighted by molar-refractivity contribution is 0.136. The standard InChI is InChI=1S/C8H15BN2O2/c1-2-6-7(3-1)13-9(11-6)8-4-10-5-12-8/h6-8,10-11H,1-5H2/t6-,7+,8?/m0/s1. The van der Waals surface area contributed by atoms with Crippen molar-refractivity contribution in [2.24, 2.45) is 0 Å². The molecule has 5 heteroatoms. The van der Waals surface area contributed by atoms with Gasteiger partial charge in [0.2, 0.25) is 0 Å². The summed E-state index contributed by atoms with van der Waals surface area (Å²) in [5.41, 5.74) is 0. The molecule has 2 heterocycles. The zero-order valence-electron chi connectivity index (χ0n) is 7.66. The van der Waals surface area contributed by atoms with E-state index in [1.807, 2.05) is 0 Å². The van der Waals surface area contributed by atoms with Crippen LogP contribution in [0, 0.1) is 0 Å². The number of ether oxygens (including phenoxy) is 1. The molecular weight excluding hydrogens is 167 g/mol. The molecule has 0 aromatic heterocycles. The van der Waals surface area contributed by atoms with Crippen LogP contribution in [0.5, 0.6) is 0 Å². The molecule has 0 aromatic rings. The van der Waals surface area contributed by atoms with Gasteiger partial charge in [0.25, 0.3) is 0 Å². The van der Waals surface area contributed by atoms with Crippen molar-refractivity contribution in [1.82, 2.24) is 10.5 Å². The molecule has 13 heavy (non-hydrogen) atoms. The Hall–Kier alpha value is -0.0951. The van der Waals surface area contributed by atoms with E-state index in [2.05, 4.69) is 10.5 Å². The number of hydrogen-bond acceptors (Lipinski definition) is 4. The van der Waals surface area contributed by atoms with E-state index in [-0.39, 0.29) is 13.1 Å². The minimum Gasteiger partial charge on any atom is -0.415 e. The van der Waals surface area contributed by atoms with E-state index in [4.69, 9.17) is 9.39 Å². The van der Waals surface area contributed by atoms with Gasteiger partial charge in [0, 0.05) is 12.6 Å². The average molecular weight is 182 g/mol. The molecule has 3 fully saturated rings. The first-order chi connectivity index (χ1) is 6.43. The predicted molar refractivity (Wildman–Crippen MR) is 49.1 cm³/mol. The molecular formula is C8H15BN2O2. The summed E-state index contributed by atoms with van der Waals surface area (Å²) in [6.07, 6.45) is 4.24. The van der Waals surface area contributed by atoms with Gasteiger partial charge in [-0.25, -0.2) is 0 Å². The minimum atomic E-state index is 0.130. The lowest BCUT2D eigenvalue weighted by atomic mass is 9.75. The first-order valence-corrected chi connectivity index (χ1v) is 5.17. The molecule has 3 atom stereocenters. The minimum absolute atomic E-state index is 0.130. The lowest BCUT2D eigenvalue weighted by Gasteiger charge is -2.13. The molecule has 2 saturated heterocycles. The summed E-state index contributed by atoms with van der Waals surface area (Å²) in [6.45, 7) is 1.58. The highest BCUT2D eigenvalue weighted by Gasteiger charge is 2.45.